The Morgan fingerprint density at radius 1 is 1.43 bits per heavy atom. The molecule has 0 unspecified atom stereocenters. The van der Waals surface area contributed by atoms with E-state index in [0.717, 1.165) is 6.42 Å². The number of nitrogens with zero attached hydrogens (tertiary/aromatic N) is 1. The predicted molar refractivity (Wildman–Crippen MR) is 75.5 cm³/mol. The van der Waals surface area contributed by atoms with Gasteiger partial charge in [-0.25, -0.2) is 0 Å². The van der Waals surface area contributed by atoms with E-state index in [9.17, 15) is 14.9 Å². The molecule has 1 heterocycles. The number of nitrogens with one attached hydrogen (secondary N) is 1. The smallest absolute Gasteiger partial charge is 0.296 e. The second kappa shape index (κ2) is 6.56. The summed E-state index contributed by atoms with van der Waals surface area (Å²) in [5, 5.41) is 13.5. The van der Waals surface area contributed by atoms with Gasteiger partial charge in [0.25, 0.3) is 11.6 Å². The van der Waals surface area contributed by atoms with E-state index < -0.39 is 10.8 Å². The number of benzene rings is 1. The molecule has 0 radical (unpaired) electrons. The highest BCUT2D eigenvalue weighted by Gasteiger charge is 2.19. The van der Waals surface area contributed by atoms with Crippen LogP contribution in [0.4, 0.5) is 11.4 Å². The Labute approximate surface area is 120 Å². The standard InChI is InChI=1S/C14H14N2O5/c1-2-7-20-10-5-6-11(12(9-10)16(18)19)15-14(17)13-4-3-8-21-13/h3-6,8-9H,2,7H2,1H3,(H,15,17). The highest BCUT2D eigenvalue weighted by atomic mass is 16.6. The number of rotatable bonds is 6. The molecular formula is C14H14N2O5. The summed E-state index contributed by atoms with van der Waals surface area (Å²) < 4.78 is 10.3. The molecule has 0 bridgehead atoms. The number of ether oxygens (including phenoxy) is 1. The molecule has 0 aliphatic heterocycles. The summed E-state index contributed by atoms with van der Waals surface area (Å²) in [5.74, 6) is -0.0829. The van der Waals surface area contributed by atoms with Crippen LogP contribution in [0.1, 0.15) is 23.9 Å². The van der Waals surface area contributed by atoms with Crippen molar-refractivity contribution in [3.63, 3.8) is 0 Å². The Morgan fingerprint density at radius 2 is 2.24 bits per heavy atom. The van der Waals surface area contributed by atoms with E-state index in [2.05, 4.69) is 5.32 Å². The van der Waals surface area contributed by atoms with Crippen molar-refractivity contribution in [3.05, 3.63) is 52.5 Å². The maximum absolute atomic E-state index is 11.8. The van der Waals surface area contributed by atoms with Crippen LogP contribution < -0.4 is 10.1 Å². The Morgan fingerprint density at radius 3 is 2.86 bits per heavy atom. The van der Waals surface area contributed by atoms with Gasteiger partial charge in [-0.1, -0.05) is 6.92 Å². The van der Waals surface area contributed by atoms with Gasteiger partial charge in [0.15, 0.2) is 5.76 Å². The molecule has 0 aliphatic rings. The monoisotopic (exact) mass is 290 g/mol. The number of nitro groups is 1. The quantitative estimate of drug-likeness (QED) is 0.651. The van der Waals surface area contributed by atoms with Gasteiger partial charge >= 0.3 is 0 Å². The van der Waals surface area contributed by atoms with E-state index in [1.165, 1.54) is 24.5 Å². The molecule has 1 aromatic carbocycles. The zero-order valence-corrected chi connectivity index (χ0v) is 11.4. The average molecular weight is 290 g/mol. The lowest BCUT2D eigenvalue weighted by Gasteiger charge is -2.08. The fraction of sp³-hybridized carbons (Fsp3) is 0.214. The minimum absolute atomic E-state index is 0.0793. The number of nitro benzene ring substituents is 1. The van der Waals surface area contributed by atoms with Crippen LogP contribution >= 0.6 is 0 Å². The largest absolute Gasteiger partial charge is 0.493 e. The van der Waals surface area contributed by atoms with Crippen molar-refractivity contribution < 1.29 is 18.9 Å². The molecule has 0 atom stereocenters. The maximum Gasteiger partial charge on any atom is 0.296 e. The molecule has 7 nitrogen and oxygen atoms in total. The van der Waals surface area contributed by atoms with Gasteiger partial charge in [-0.3, -0.25) is 14.9 Å². The lowest BCUT2D eigenvalue weighted by molar-refractivity contribution is -0.384. The minimum atomic E-state index is -0.573. The first-order valence-corrected chi connectivity index (χ1v) is 6.38. The van der Waals surface area contributed by atoms with Crippen molar-refractivity contribution in [1.29, 1.82) is 0 Å². The number of anilines is 1. The van der Waals surface area contributed by atoms with Crippen molar-refractivity contribution in [2.75, 3.05) is 11.9 Å². The van der Waals surface area contributed by atoms with Crippen LogP contribution in [0.3, 0.4) is 0 Å². The summed E-state index contributed by atoms with van der Waals surface area (Å²) >= 11 is 0. The van der Waals surface area contributed by atoms with Crippen molar-refractivity contribution in [2.24, 2.45) is 0 Å². The highest BCUT2D eigenvalue weighted by Crippen LogP contribution is 2.29. The average Bonchev–Trinajstić information content (AvgIpc) is 3.00. The van der Waals surface area contributed by atoms with Crippen LogP contribution in [0.5, 0.6) is 5.75 Å². The van der Waals surface area contributed by atoms with Gasteiger partial charge < -0.3 is 14.5 Å². The lowest BCUT2D eigenvalue weighted by atomic mass is 10.2. The third-order valence-electron chi connectivity index (χ3n) is 2.63. The summed E-state index contributed by atoms with van der Waals surface area (Å²) in [7, 11) is 0. The molecular weight excluding hydrogens is 276 g/mol. The van der Waals surface area contributed by atoms with Crippen LogP contribution in [-0.2, 0) is 0 Å². The lowest BCUT2D eigenvalue weighted by Crippen LogP contribution is -2.12. The third kappa shape index (κ3) is 3.59. The molecule has 0 saturated carbocycles. The van der Waals surface area contributed by atoms with Crippen LogP contribution in [0.2, 0.25) is 0 Å². The number of hydrogen-bond donors (Lipinski definition) is 1. The van der Waals surface area contributed by atoms with E-state index in [-0.39, 0.29) is 17.1 Å². The number of carbonyl (C=O) groups excluding carboxylic acids is 1. The Kier molecular flexibility index (Phi) is 4.55. The molecule has 1 N–H and O–H groups in total. The number of furan rings is 1. The summed E-state index contributed by atoms with van der Waals surface area (Å²) in [4.78, 5) is 22.4. The van der Waals surface area contributed by atoms with Crippen LogP contribution in [0.25, 0.3) is 0 Å². The van der Waals surface area contributed by atoms with Crippen molar-refractivity contribution in [1.82, 2.24) is 0 Å². The van der Waals surface area contributed by atoms with Crippen molar-refractivity contribution >= 4 is 17.3 Å². The Balaban J connectivity index is 2.22. The first-order valence-electron chi connectivity index (χ1n) is 6.38. The minimum Gasteiger partial charge on any atom is -0.493 e. The van der Waals surface area contributed by atoms with E-state index in [1.54, 1.807) is 12.1 Å². The molecule has 2 aromatic rings. The maximum atomic E-state index is 11.8. The fourth-order valence-corrected chi connectivity index (χ4v) is 1.67. The SMILES string of the molecule is CCCOc1ccc(NC(=O)c2ccco2)c([N+](=O)[O-])c1. The first-order chi connectivity index (χ1) is 10.1. The van der Waals surface area contributed by atoms with Crippen molar-refractivity contribution in [2.45, 2.75) is 13.3 Å². The first kappa shape index (κ1) is 14.6. The second-order valence-electron chi connectivity index (χ2n) is 4.22. The van der Waals surface area contributed by atoms with Gasteiger partial charge in [0.05, 0.1) is 23.9 Å². The van der Waals surface area contributed by atoms with Gasteiger partial charge in [-0.05, 0) is 30.7 Å². The molecule has 1 aromatic heterocycles. The molecule has 110 valence electrons. The third-order valence-corrected chi connectivity index (χ3v) is 2.63. The fourth-order valence-electron chi connectivity index (χ4n) is 1.67. The topological polar surface area (TPSA) is 94.6 Å². The second-order valence-corrected chi connectivity index (χ2v) is 4.22. The zero-order chi connectivity index (χ0) is 15.2. The van der Waals surface area contributed by atoms with Crippen molar-refractivity contribution in [3.8, 4) is 5.75 Å². The van der Waals surface area contributed by atoms with Gasteiger partial charge in [-0.15, -0.1) is 0 Å². The van der Waals surface area contributed by atoms with Gasteiger partial charge in [0.2, 0.25) is 0 Å². The molecule has 2 rings (SSSR count). The van der Waals surface area contributed by atoms with Gasteiger partial charge in [-0.2, -0.15) is 0 Å². The number of hydrogen-bond acceptors (Lipinski definition) is 5. The van der Waals surface area contributed by atoms with E-state index in [4.69, 9.17) is 9.15 Å². The molecule has 7 heteroatoms. The molecule has 0 saturated heterocycles. The van der Waals surface area contributed by atoms with Crippen LogP contribution in [0, 0.1) is 10.1 Å². The highest BCUT2D eigenvalue weighted by molar-refractivity contribution is 6.03. The summed E-state index contributed by atoms with van der Waals surface area (Å²) in [6.45, 7) is 2.40. The number of amides is 1. The summed E-state index contributed by atoms with van der Waals surface area (Å²) in [6.07, 6.45) is 2.15. The molecule has 0 aliphatic carbocycles. The zero-order valence-electron chi connectivity index (χ0n) is 11.4. The molecule has 0 fully saturated rings. The van der Waals surface area contributed by atoms with E-state index in [0.29, 0.717) is 12.4 Å². The predicted octanol–water partition coefficient (Wildman–Crippen LogP) is 3.23. The van der Waals surface area contributed by atoms with Gasteiger partial charge in [0.1, 0.15) is 11.4 Å². The summed E-state index contributed by atoms with van der Waals surface area (Å²) in [5.41, 5.74) is -0.145. The van der Waals surface area contributed by atoms with Crippen LogP contribution in [0.15, 0.2) is 41.0 Å². The molecule has 0 spiro atoms. The Hall–Kier alpha value is -2.83. The van der Waals surface area contributed by atoms with E-state index >= 15 is 0 Å². The molecule has 21 heavy (non-hydrogen) atoms. The van der Waals surface area contributed by atoms with Crippen LogP contribution in [-0.4, -0.2) is 17.4 Å². The molecule has 1 amide bonds. The Bertz CT molecular complexity index is 637. The van der Waals surface area contributed by atoms with E-state index in [1.807, 2.05) is 6.92 Å². The number of carbonyl (C=O) groups is 1. The normalized spacial score (nSPS) is 10.1. The van der Waals surface area contributed by atoms with Gasteiger partial charge in [0, 0.05) is 0 Å². The summed E-state index contributed by atoms with van der Waals surface area (Å²) in [6, 6.07) is 7.32.